The second-order valence-electron chi connectivity index (χ2n) is 6.67. The Balaban J connectivity index is 1.69. The molecule has 30 heavy (non-hydrogen) atoms. The predicted octanol–water partition coefficient (Wildman–Crippen LogP) is 3.30. The van der Waals surface area contributed by atoms with Gasteiger partial charge < -0.3 is 15.4 Å². The predicted molar refractivity (Wildman–Crippen MR) is 112 cm³/mol. The highest BCUT2D eigenvalue weighted by molar-refractivity contribution is 5.97. The van der Waals surface area contributed by atoms with Crippen LogP contribution < -0.4 is 15.4 Å². The van der Waals surface area contributed by atoms with Gasteiger partial charge in [0.15, 0.2) is 0 Å². The normalized spacial score (nSPS) is 10.5. The number of carbonyl (C=O) groups excluding carboxylic acids is 2. The molecule has 3 rings (SSSR count). The van der Waals surface area contributed by atoms with Crippen molar-refractivity contribution < 1.29 is 18.7 Å². The molecule has 0 aliphatic rings. The first-order valence-corrected chi connectivity index (χ1v) is 9.42. The van der Waals surface area contributed by atoms with Crippen LogP contribution in [-0.2, 0) is 11.8 Å². The van der Waals surface area contributed by atoms with Crippen LogP contribution in [0.1, 0.15) is 22.5 Å². The van der Waals surface area contributed by atoms with Gasteiger partial charge in [-0.2, -0.15) is 5.10 Å². The van der Waals surface area contributed by atoms with Gasteiger partial charge in [0.25, 0.3) is 5.91 Å². The molecule has 8 heteroatoms. The number of aryl methyl sites for hydroxylation is 2. The number of hydrogen-bond donors (Lipinski definition) is 2. The first kappa shape index (κ1) is 21.0. The summed E-state index contributed by atoms with van der Waals surface area (Å²) < 4.78 is 20.7. The van der Waals surface area contributed by atoms with Crippen molar-refractivity contribution in [2.24, 2.45) is 7.05 Å². The molecule has 156 valence electrons. The number of carbonyl (C=O) groups is 2. The van der Waals surface area contributed by atoms with Gasteiger partial charge in [-0.15, -0.1) is 0 Å². The fraction of sp³-hybridized carbons (Fsp3) is 0.227. The Morgan fingerprint density at radius 2 is 1.83 bits per heavy atom. The lowest BCUT2D eigenvalue weighted by Crippen LogP contribution is -2.28. The molecule has 2 aromatic carbocycles. The van der Waals surface area contributed by atoms with Gasteiger partial charge in [0.05, 0.1) is 23.9 Å². The van der Waals surface area contributed by atoms with E-state index < -0.39 is 11.7 Å². The van der Waals surface area contributed by atoms with E-state index in [1.165, 1.54) is 18.2 Å². The molecule has 0 bridgehead atoms. The molecule has 3 aromatic rings. The molecule has 2 amide bonds. The topological polar surface area (TPSA) is 85.2 Å². The minimum absolute atomic E-state index is 0.0236. The van der Waals surface area contributed by atoms with Crippen molar-refractivity contribution >= 4 is 17.6 Å². The number of amides is 2. The summed E-state index contributed by atoms with van der Waals surface area (Å²) in [7, 11) is 3.32. The molecule has 0 unspecified atom stereocenters. The summed E-state index contributed by atoms with van der Waals surface area (Å²) >= 11 is 0. The zero-order valence-corrected chi connectivity index (χ0v) is 17.0. The lowest BCUT2D eigenvalue weighted by atomic mass is 10.0. The third-order valence-electron chi connectivity index (χ3n) is 4.61. The average Bonchev–Trinajstić information content (AvgIpc) is 3.00. The van der Waals surface area contributed by atoms with Gasteiger partial charge in [-0.3, -0.25) is 14.3 Å². The molecule has 0 atom stereocenters. The second kappa shape index (κ2) is 9.21. The van der Waals surface area contributed by atoms with Crippen LogP contribution in [0.5, 0.6) is 5.75 Å². The highest BCUT2D eigenvalue weighted by Crippen LogP contribution is 2.37. The van der Waals surface area contributed by atoms with Gasteiger partial charge in [-0.05, 0) is 25.1 Å². The second-order valence-corrected chi connectivity index (χ2v) is 6.67. The van der Waals surface area contributed by atoms with Crippen LogP contribution in [0.3, 0.4) is 0 Å². The molecule has 0 saturated carbocycles. The summed E-state index contributed by atoms with van der Waals surface area (Å²) in [6, 6.07) is 13.2. The number of benzene rings is 2. The summed E-state index contributed by atoms with van der Waals surface area (Å²) in [5.41, 5.74) is 2.26. The van der Waals surface area contributed by atoms with E-state index in [2.05, 4.69) is 15.7 Å². The van der Waals surface area contributed by atoms with Crippen molar-refractivity contribution in [1.82, 2.24) is 15.1 Å². The van der Waals surface area contributed by atoms with E-state index in [0.717, 1.165) is 16.8 Å². The van der Waals surface area contributed by atoms with Crippen molar-refractivity contribution in [3.05, 3.63) is 65.6 Å². The first-order valence-electron chi connectivity index (χ1n) is 9.42. The van der Waals surface area contributed by atoms with Crippen molar-refractivity contribution in [3.63, 3.8) is 0 Å². The zero-order chi connectivity index (χ0) is 21.7. The summed E-state index contributed by atoms with van der Waals surface area (Å²) in [6.45, 7) is 1.92. The van der Waals surface area contributed by atoms with Crippen LogP contribution >= 0.6 is 0 Å². The lowest BCUT2D eigenvalue weighted by molar-refractivity contribution is -0.116. The summed E-state index contributed by atoms with van der Waals surface area (Å²) in [5.74, 6) is -0.273. The standard InChI is InChI=1S/C22H23FN4O3/c1-14-20(16-9-5-7-11-18(16)30-3)21(27(2)26-14)25-19(28)12-13-24-22(29)15-8-4-6-10-17(15)23/h4-11H,12-13H2,1-3H3,(H,24,29)(H,25,28). The Kier molecular flexibility index (Phi) is 6.46. The molecule has 0 fully saturated rings. The van der Waals surface area contributed by atoms with E-state index in [0.29, 0.717) is 11.6 Å². The number of hydrogen-bond acceptors (Lipinski definition) is 4. The van der Waals surface area contributed by atoms with Crippen LogP contribution in [0.25, 0.3) is 11.1 Å². The number of nitrogens with one attached hydrogen (secondary N) is 2. The molecule has 0 aliphatic carbocycles. The van der Waals surface area contributed by atoms with E-state index in [1.54, 1.807) is 24.9 Å². The maximum absolute atomic E-state index is 13.7. The SMILES string of the molecule is COc1ccccc1-c1c(C)nn(C)c1NC(=O)CCNC(=O)c1ccccc1F. The minimum atomic E-state index is -0.605. The molecular weight excluding hydrogens is 387 g/mol. The Hall–Kier alpha value is -3.68. The van der Waals surface area contributed by atoms with Crippen LogP contribution in [0, 0.1) is 12.7 Å². The fourth-order valence-electron chi connectivity index (χ4n) is 3.20. The number of ether oxygens (including phenoxy) is 1. The summed E-state index contributed by atoms with van der Waals surface area (Å²) in [5, 5.41) is 9.82. The molecule has 0 saturated heterocycles. The van der Waals surface area contributed by atoms with E-state index in [-0.39, 0.29) is 24.4 Å². The van der Waals surface area contributed by atoms with Gasteiger partial charge in [0.1, 0.15) is 17.4 Å². The molecule has 0 aliphatic heterocycles. The summed E-state index contributed by atoms with van der Waals surface area (Å²) in [4.78, 5) is 24.5. The Labute approximate surface area is 173 Å². The summed E-state index contributed by atoms with van der Waals surface area (Å²) in [6.07, 6.45) is 0.0236. The third-order valence-corrected chi connectivity index (χ3v) is 4.61. The van der Waals surface area contributed by atoms with Crippen LogP contribution in [0.15, 0.2) is 48.5 Å². The number of halogens is 1. The number of nitrogens with zero attached hydrogens (tertiary/aromatic N) is 2. The van der Waals surface area contributed by atoms with Crippen LogP contribution in [-0.4, -0.2) is 35.2 Å². The Bertz CT molecular complexity index is 1080. The molecule has 1 heterocycles. The molecule has 1 aromatic heterocycles. The van der Waals surface area contributed by atoms with Gasteiger partial charge >= 0.3 is 0 Å². The highest BCUT2D eigenvalue weighted by Gasteiger charge is 2.20. The van der Waals surface area contributed by atoms with Crippen LogP contribution in [0.4, 0.5) is 10.2 Å². The number of anilines is 1. The number of para-hydroxylation sites is 1. The minimum Gasteiger partial charge on any atom is -0.496 e. The molecule has 0 radical (unpaired) electrons. The van der Waals surface area contributed by atoms with Gasteiger partial charge in [0, 0.05) is 25.6 Å². The van der Waals surface area contributed by atoms with Crippen molar-refractivity contribution in [2.45, 2.75) is 13.3 Å². The highest BCUT2D eigenvalue weighted by atomic mass is 19.1. The third kappa shape index (κ3) is 4.48. The van der Waals surface area contributed by atoms with E-state index in [4.69, 9.17) is 4.74 Å². The first-order chi connectivity index (χ1) is 14.4. The van der Waals surface area contributed by atoms with Gasteiger partial charge in [-0.25, -0.2) is 4.39 Å². The van der Waals surface area contributed by atoms with Crippen molar-refractivity contribution in [3.8, 4) is 16.9 Å². The maximum atomic E-state index is 13.7. The maximum Gasteiger partial charge on any atom is 0.254 e. The fourth-order valence-corrected chi connectivity index (χ4v) is 3.20. The zero-order valence-electron chi connectivity index (χ0n) is 17.0. The Morgan fingerprint density at radius 3 is 2.57 bits per heavy atom. The van der Waals surface area contributed by atoms with E-state index in [1.807, 2.05) is 31.2 Å². The largest absolute Gasteiger partial charge is 0.496 e. The monoisotopic (exact) mass is 410 g/mol. The Morgan fingerprint density at radius 1 is 1.13 bits per heavy atom. The molecular formula is C22H23FN4O3. The number of aromatic nitrogens is 2. The van der Waals surface area contributed by atoms with E-state index >= 15 is 0 Å². The lowest BCUT2D eigenvalue weighted by Gasteiger charge is -2.12. The van der Waals surface area contributed by atoms with Gasteiger partial charge in [-0.1, -0.05) is 30.3 Å². The molecule has 7 nitrogen and oxygen atoms in total. The smallest absolute Gasteiger partial charge is 0.254 e. The van der Waals surface area contributed by atoms with Crippen LogP contribution in [0.2, 0.25) is 0 Å². The number of rotatable bonds is 7. The van der Waals surface area contributed by atoms with E-state index in [9.17, 15) is 14.0 Å². The van der Waals surface area contributed by atoms with Crippen molar-refractivity contribution in [1.29, 1.82) is 0 Å². The quantitative estimate of drug-likeness (QED) is 0.626. The molecule has 2 N–H and O–H groups in total. The average molecular weight is 410 g/mol. The van der Waals surface area contributed by atoms with Gasteiger partial charge in [0.2, 0.25) is 5.91 Å². The molecule has 0 spiro atoms. The number of methoxy groups -OCH3 is 1. The van der Waals surface area contributed by atoms with Crippen molar-refractivity contribution in [2.75, 3.05) is 19.0 Å².